The first-order chi connectivity index (χ1) is 12.8. The van der Waals surface area contributed by atoms with Gasteiger partial charge in [0.2, 0.25) is 0 Å². The molecule has 2 aromatic rings. The number of hydrogen-bond donors (Lipinski definition) is 2. The zero-order valence-electron chi connectivity index (χ0n) is 15.3. The third-order valence-corrected chi connectivity index (χ3v) is 4.85. The molecule has 1 saturated carbocycles. The van der Waals surface area contributed by atoms with Gasteiger partial charge in [0.1, 0.15) is 5.75 Å². The standard InChI is InChI=1S/C21H27N3O2/c1-26-20-10-6-5-7-16(20)11-12-23-21(25)17-13-19(15-22-14-17)24-18-8-3-2-4-9-18/h5-7,10,13-15,18,24H,2-4,8-9,11-12H2,1H3,(H,23,25). The molecule has 1 heterocycles. The number of carbonyl (C=O) groups is 1. The maximum absolute atomic E-state index is 12.4. The number of benzene rings is 1. The summed E-state index contributed by atoms with van der Waals surface area (Å²) in [6.45, 7) is 0.555. The summed E-state index contributed by atoms with van der Waals surface area (Å²) in [6.07, 6.45) is 10.4. The van der Waals surface area contributed by atoms with E-state index in [0.717, 1.165) is 23.4 Å². The van der Waals surface area contributed by atoms with Crippen LogP contribution >= 0.6 is 0 Å². The van der Waals surface area contributed by atoms with Crippen molar-refractivity contribution in [1.29, 1.82) is 0 Å². The molecule has 1 amide bonds. The highest BCUT2D eigenvalue weighted by atomic mass is 16.5. The lowest BCUT2D eigenvalue weighted by atomic mass is 9.95. The molecule has 0 aliphatic heterocycles. The minimum absolute atomic E-state index is 0.0975. The molecule has 1 aliphatic carbocycles. The third-order valence-electron chi connectivity index (χ3n) is 4.85. The average molecular weight is 353 g/mol. The molecule has 3 rings (SSSR count). The second kappa shape index (κ2) is 9.22. The summed E-state index contributed by atoms with van der Waals surface area (Å²) < 4.78 is 5.34. The van der Waals surface area contributed by atoms with Crippen LogP contribution < -0.4 is 15.4 Å². The fourth-order valence-corrected chi connectivity index (χ4v) is 3.45. The summed E-state index contributed by atoms with van der Waals surface area (Å²) in [5.41, 5.74) is 2.60. The Balaban J connectivity index is 1.53. The van der Waals surface area contributed by atoms with Crippen LogP contribution in [-0.2, 0) is 6.42 Å². The Morgan fingerprint density at radius 3 is 2.81 bits per heavy atom. The molecule has 1 aliphatic rings. The number of amides is 1. The number of carbonyl (C=O) groups excluding carboxylic acids is 1. The van der Waals surface area contributed by atoms with E-state index in [-0.39, 0.29) is 5.91 Å². The van der Waals surface area contributed by atoms with Crippen LogP contribution in [0.5, 0.6) is 5.75 Å². The number of pyridine rings is 1. The van der Waals surface area contributed by atoms with Crippen LogP contribution in [0.3, 0.4) is 0 Å². The van der Waals surface area contributed by atoms with E-state index in [1.165, 1.54) is 32.1 Å². The number of para-hydroxylation sites is 1. The van der Waals surface area contributed by atoms with Gasteiger partial charge in [0.25, 0.3) is 5.91 Å². The van der Waals surface area contributed by atoms with Crippen molar-refractivity contribution in [2.24, 2.45) is 0 Å². The van der Waals surface area contributed by atoms with Crippen LogP contribution in [-0.4, -0.2) is 30.6 Å². The van der Waals surface area contributed by atoms with Gasteiger partial charge in [-0.1, -0.05) is 37.5 Å². The fraction of sp³-hybridized carbons (Fsp3) is 0.429. The van der Waals surface area contributed by atoms with Crippen molar-refractivity contribution in [2.75, 3.05) is 19.0 Å². The first-order valence-electron chi connectivity index (χ1n) is 9.38. The molecular formula is C21H27N3O2. The van der Waals surface area contributed by atoms with Crippen LogP contribution in [0.2, 0.25) is 0 Å². The Bertz CT molecular complexity index is 727. The van der Waals surface area contributed by atoms with Crippen molar-refractivity contribution in [3.63, 3.8) is 0 Å². The molecule has 0 radical (unpaired) electrons. The zero-order valence-corrected chi connectivity index (χ0v) is 15.3. The van der Waals surface area contributed by atoms with Crippen molar-refractivity contribution < 1.29 is 9.53 Å². The fourth-order valence-electron chi connectivity index (χ4n) is 3.45. The van der Waals surface area contributed by atoms with E-state index < -0.39 is 0 Å². The van der Waals surface area contributed by atoms with Gasteiger partial charge in [0.15, 0.2) is 0 Å². The smallest absolute Gasteiger partial charge is 0.252 e. The molecule has 5 heteroatoms. The summed E-state index contributed by atoms with van der Waals surface area (Å²) in [4.78, 5) is 16.6. The van der Waals surface area contributed by atoms with Crippen molar-refractivity contribution in [3.8, 4) is 5.75 Å². The van der Waals surface area contributed by atoms with E-state index in [2.05, 4.69) is 15.6 Å². The van der Waals surface area contributed by atoms with Gasteiger partial charge in [-0.3, -0.25) is 9.78 Å². The molecule has 1 aromatic carbocycles. The van der Waals surface area contributed by atoms with Crippen LogP contribution in [0, 0.1) is 0 Å². The van der Waals surface area contributed by atoms with Crippen LogP contribution in [0.4, 0.5) is 5.69 Å². The lowest BCUT2D eigenvalue weighted by Crippen LogP contribution is -2.26. The lowest BCUT2D eigenvalue weighted by molar-refractivity contribution is 0.0953. The number of nitrogens with zero attached hydrogens (tertiary/aromatic N) is 1. The summed E-state index contributed by atoms with van der Waals surface area (Å²) in [5, 5.41) is 6.48. The Morgan fingerprint density at radius 1 is 1.19 bits per heavy atom. The number of aromatic nitrogens is 1. The van der Waals surface area contributed by atoms with E-state index in [4.69, 9.17) is 4.74 Å². The largest absolute Gasteiger partial charge is 0.496 e. The molecule has 5 nitrogen and oxygen atoms in total. The Hall–Kier alpha value is -2.56. The monoisotopic (exact) mass is 353 g/mol. The van der Waals surface area contributed by atoms with Crippen molar-refractivity contribution in [1.82, 2.24) is 10.3 Å². The number of hydrogen-bond acceptors (Lipinski definition) is 4. The second-order valence-corrected chi connectivity index (χ2v) is 6.76. The SMILES string of the molecule is COc1ccccc1CCNC(=O)c1cncc(NC2CCCCC2)c1. The highest BCUT2D eigenvalue weighted by Gasteiger charge is 2.14. The average Bonchev–Trinajstić information content (AvgIpc) is 2.69. The normalized spacial score (nSPS) is 14.7. The van der Waals surface area contributed by atoms with Gasteiger partial charge in [-0.2, -0.15) is 0 Å². The van der Waals surface area contributed by atoms with Gasteiger partial charge in [-0.25, -0.2) is 0 Å². The van der Waals surface area contributed by atoms with Gasteiger partial charge in [-0.15, -0.1) is 0 Å². The summed E-state index contributed by atoms with van der Waals surface area (Å²) in [5.74, 6) is 0.752. The maximum Gasteiger partial charge on any atom is 0.252 e. The molecule has 0 saturated heterocycles. The first-order valence-corrected chi connectivity index (χ1v) is 9.38. The summed E-state index contributed by atoms with van der Waals surface area (Å²) >= 11 is 0. The molecule has 0 spiro atoms. The van der Waals surface area contributed by atoms with E-state index in [1.54, 1.807) is 19.5 Å². The minimum Gasteiger partial charge on any atom is -0.496 e. The van der Waals surface area contributed by atoms with Crippen molar-refractivity contribution in [2.45, 2.75) is 44.6 Å². The Labute approximate surface area is 155 Å². The van der Waals surface area contributed by atoms with Gasteiger partial charge in [0, 0.05) is 25.0 Å². The topological polar surface area (TPSA) is 63.2 Å². The van der Waals surface area contributed by atoms with E-state index in [0.29, 0.717) is 18.2 Å². The van der Waals surface area contributed by atoms with Crippen molar-refractivity contribution in [3.05, 3.63) is 53.9 Å². The molecular weight excluding hydrogens is 326 g/mol. The molecule has 1 fully saturated rings. The summed E-state index contributed by atoms with van der Waals surface area (Å²) in [6, 6.07) is 10.2. The molecule has 138 valence electrons. The second-order valence-electron chi connectivity index (χ2n) is 6.76. The van der Waals surface area contributed by atoms with E-state index in [9.17, 15) is 4.79 Å². The third kappa shape index (κ3) is 4.97. The minimum atomic E-state index is -0.0975. The Kier molecular flexibility index (Phi) is 6.47. The lowest BCUT2D eigenvalue weighted by Gasteiger charge is -2.23. The molecule has 0 unspecified atom stereocenters. The first kappa shape index (κ1) is 18.2. The molecule has 1 aromatic heterocycles. The van der Waals surface area contributed by atoms with Crippen LogP contribution in [0.25, 0.3) is 0 Å². The highest BCUT2D eigenvalue weighted by molar-refractivity contribution is 5.94. The number of anilines is 1. The predicted octanol–water partition coefficient (Wildman–Crippen LogP) is 3.81. The predicted molar refractivity (Wildman–Crippen MR) is 104 cm³/mol. The van der Waals surface area contributed by atoms with Gasteiger partial charge < -0.3 is 15.4 Å². The zero-order chi connectivity index (χ0) is 18.2. The summed E-state index contributed by atoms with van der Waals surface area (Å²) in [7, 11) is 1.66. The van der Waals surface area contributed by atoms with Gasteiger partial charge in [-0.05, 0) is 37.0 Å². The Morgan fingerprint density at radius 2 is 2.00 bits per heavy atom. The van der Waals surface area contributed by atoms with Gasteiger partial charge in [0.05, 0.1) is 18.4 Å². The maximum atomic E-state index is 12.4. The molecule has 0 bridgehead atoms. The van der Waals surface area contributed by atoms with Gasteiger partial charge >= 0.3 is 0 Å². The molecule has 0 atom stereocenters. The van der Waals surface area contributed by atoms with Crippen molar-refractivity contribution >= 4 is 11.6 Å². The number of ether oxygens (including phenoxy) is 1. The number of nitrogens with one attached hydrogen (secondary N) is 2. The van der Waals surface area contributed by atoms with E-state index >= 15 is 0 Å². The molecule has 26 heavy (non-hydrogen) atoms. The molecule has 2 N–H and O–H groups in total. The number of methoxy groups -OCH3 is 1. The quantitative estimate of drug-likeness (QED) is 0.794. The van der Waals surface area contributed by atoms with Crippen LogP contribution in [0.1, 0.15) is 48.0 Å². The highest BCUT2D eigenvalue weighted by Crippen LogP contribution is 2.22. The number of rotatable bonds is 7. The van der Waals surface area contributed by atoms with Crippen LogP contribution in [0.15, 0.2) is 42.7 Å². The van der Waals surface area contributed by atoms with E-state index in [1.807, 2.05) is 30.3 Å².